The van der Waals surface area contributed by atoms with Gasteiger partial charge in [-0.2, -0.15) is 0 Å². The standard InChI is InChI=1S/C19H20FNO3/c1-24-16-7-4-6-14(9-16)18-11-15(22)12-21(18)19(23)10-13-5-2-3-8-17(13)20/h2-9,15,18,22H,10-12H2,1H3/t15-,18-/m0/s1. The van der Waals surface area contributed by atoms with Crippen LogP contribution in [0.25, 0.3) is 0 Å². The second-order valence-corrected chi connectivity index (χ2v) is 6.00. The molecule has 0 aliphatic carbocycles. The maximum absolute atomic E-state index is 13.8. The van der Waals surface area contributed by atoms with Gasteiger partial charge in [-0.25, -0.2) is 4.39 Å². The first kappa shape index (κ1) is 16.5. The van der Waals surface area contributed by atoms with E-state index in [-0.39, 0.29) is 30.7 Å². The first-order valence-corrected chi connectivity index (χ1v) is 7.93. The van der Waals surface area contributed by atoms with Crippen LogP contribution in [0.5, 0.6) is 5.75 Å². The number of ether oxygens (including phenoxy) is 1. The lowest BCUT2D eigenvalue weighted by atomic mass is 10.0. The van der Waals surface area contributed by atoms with Gasteiger partial charge in [0.15, 0.2) is 0 Å². The van der Waals surface area contributed by atoms with Crippen LogP contribution in [0.15, 0.2) is 48.5 Å². The first-order valence-electron chi connectivity index (χ1n) is 7.93. The number of likely N-dealkylation sites (tertiary alicyclic amines) is 1. The van der Waals surface area contributed by atoms with Crippen LogP contribution in [0.3, 0.4) is 0 Å². The van der Waals surface area contributed by atoms with Crippen LogP contribution >= 0.6 is 0 Å². The van der Waals surface area contributed by atoms with Gasteiger partial charge in [-0.15, -0.1) is 0 Å². The Hall–Kier alpha value is -2.40. The van der Waals surface area contributed by atoms with Gasteiger partial charge in [0.2, 0.25) is 5.91 Å². The van der Waals surface area contributed by atoms with E-state index in [9.17, 15) is 14.3 Å². The minimum Gasteiger partial charge on any atom is -0.497 e. The van der Waals surface area contributed by atoms with Gasteiger partial charge in [0, 0.05) is 6.54 Å². The van der Waals surface area contributed by atoms with E-state index in [1.807, 2.05) is 24.3 Å². The van der Waals surface area contributed by atoms with Gasteiger partial charge >= 0.3 is 0 Å². The number of carbonyl (C=O) groups is 1. The fourth-order valence-corrected chi connectivity index (χ4v) is 3.16. The average molecular weight is 329 g/mol. The van der Waals surface area contributed by atoms with Gasteiger partial charge in [0.25, 0.3) is 0 Å². The lowest BCUT2D eigenvalue weighted by Gasteiger charge is -2.25. The van der Waals surface area contributed by atoms with Gasteiger partial charge in [-0.3, -0.25) is 4.79 Å². The number of benzene rings is 2. The minimum absolute atomic E-state index is 0.0140. The fraction of sp³-hybridized carbons (Fsp3) is 0.316. The lowest BCUT2D eigenvalue weighted by Crippen LogP contribution is -2.33. The maximum atomic E-state index is 13.8. The smallest absolute Gasteiger partial charge is 0.227 e. The van der Waals surface area contributed by atoms with Crippen molar-refractivity contribution in [3.05, 3.63) is 65.5 Å². The summed E-state index contributed by atoms with van der Waals surface area (Å²) < 4.78 is 19.0. The predicted molar refractivity (Wildman–Crippen MR) is 88.2 cm³/mol. The molecule has 24 heavy (non-hydrogen) atoms. The summed E-state index contributed by atoms with van der Waals surface area (Å²) in [5, 5.41) is 10.0. The van der Waals surface area contributed by atoms with Gasteiger partial charge in [0.1, 0.15) is 11.6 Å². The molecule has 2 aromatic rings. The van der Waals surface area contributed by atoms with E-state index in [0.717, 1.165) is 5.56 Å². The minimum atomic E-state index is -0.578. The molecule has 1 N–H and O–H groups in total. The number of nitrogens with zero attached hydrogens (tertiary/aromatic N) is 1. The molecule has 0 unspecified atom stereocenters. The van der Waals surface area contributed by atoms with Gasteiger partial charge < -0.3 is 14.7 Å². The summed E-state index contributed by atoms with van der Waals surface area (Å²) in [5.41, 5.74) is 1.28. The summed E-state index contributed by atoms with van der Waals surface area (Å²) in [6.45, 7) is 0.259. The number of β-amino-alcohol motifs (C(OH)–C–C–N with tert-alkyl or cyclic N) is 1. The molecule has 4 nitrogen and oxygen atoms in total. The number of rotatable bonds is 4. The molecular weight excluding hydrogens is 309 g/mol. The van der Waals surface area contributed by atoms with Crippen molar-refractivity contribution < 1.29 is 19.0 Å². The summed E-state index contributed by atoms with van der Waals surface area (Å²) in [6, 6.07) is 13.5. The molecule has 3 rings (SSSR count). The highest BCUT2D eigenvalue weighted by molar-refractivity contribution is 5.79. The van der Waals surface area contributed by atoms with Crippen LogP contribution < -0.4 is 4.74 Å². The van der Waals surface area contributed by atoms with Crippen LogP contribution in [0.2, 0.25) is 0 Å². The summed E-state index contributed by atoms with van der Waals surface area (Å²) in [4.78, 5) is 14.3. The number of hydrogen-bond donors (Lipinski definition) is 1. The third kappa shape index (κ3) is 3.41. The Balaban J connectivity index is 1.82. The normalized spacial score (nSPS) is 20.2. The molecule has 0 spiro atoms. The van der Waals surface area contributed by atoms with Crippen molar-refractivity contribution in [1.29, 1.82) is 0 Å². The Morgan fingerprint density at radius 2 is 2.08 bits per heavy atom. The average Bonchev–Trinajstić information content (AvgIpc) is 2.99. The molecule has 2 aromatic carbocycles. The number of amides is 1. The highest BCUT2D eigenvalue weighted by Crippen LogP contribution is 2.34. The number of hydrogen-bond acceptors (Lipinski definition) is 3. The molecule has 1 amide bonds. The van der Waals surface area contributed by atoms with E-state index < -0.39 is 6.10 Å². The Bertz CT molecular complexity index is 734. The molecule has 2 atom stereocenters. The Morgan fingerprint density at radius 1 is 1.29 bits per heavy atom. The Kier molecular flexibility index (Phi) is 4.81. The van der Waals surface area contributed by atoms with Crippen LogP contribution in [0.1, 0.15) is 23.6 Å². The van der Waals surface area contributed by atoms with E-state index in [0.29, 0.717) is 17.7 Å². The number of methoxy groups -OCH3 is 1. The van der Waals surface area contributed by atoms with Gasteiger partial charge in [0.05, 0.1) is 25.7 Å². The van der Waals surface area contributed by atoms with Gasteiger partial charge in [-0.05, 0) is 35.7 Å². The molecule has 1 aliphatic heterocycles. The topological polar surface area (TPSA) is 49.8 Å². The molecule has 5 heteroatoms. The van der Waals surface area contributed by atoms with Crippen molar-refractivity contribution in [3.63, 3.8) is 0 Å². The third-order valence-electron chi connectivity index (χ3n) is 4.38. The van der Waals surface area contributed by atoms with E-state index in [2.05, 4.69) is 0 Å². The second kappa shape index (κ2) is 7.01. The predicted octanol–water partition coefficient (Wildman–Crippen LogP) is 2.71. The summed E-state index contributed by atoms with van der Waals surface area (Å²) >= 11 is 0. The number of carbonyl (C=O) groups excluding carboxylic acids is 1. The van der Waals surface area contributed by atoms with Crippen LogP contribution in [-0.2, 0) is 11.2 Å². The number of halogens is 1. The molecule has 1 heterocycles. The first-order chi connectivity index (χ1) is 11.6. The Labute approximate surface area is 140 Å². The molecule has 1 fully saturated rings. The summed E-state index contributed by atoms with van der Waals surface area (Å²) in [7, 11) is 1.59. The molecule has 0 radical (unpaired) electrons. The number of aliphatic hydroxyl groups is 1. The highest BCUT2D eigenvalue weighted by atomic mass is 19.1. The van der Waals surface area contributed by atoms with E-state index in [1.165, 1.54) is 6.07 Å². The third-order valence-corrected chi connectivity index (χ3v) is 4.38. The number of aliphatic hydroxyl groups excluding tert-OH is 1. The van der Waals surface area contributed by atoms with Crippen molar-refractivity contribution in [2.24, 2.45) is 0 Å². The monoisotopic (exact) mass is 329 g/mol. The lowest BCUT2D eigenvalue weighted by molar-refractivity contribution is -0.131. The molecule has 1 aliphatic rings. The zero-order valence-corrected chi connectivity index (χ0v) is 13.5. The van der Waals surface area contributed by atoms with Crippen molar-refractivity contribution in [2.45, 2.75) is 25.0 Å². The summed E-state index contributed by atoms with van der Waals surface area (Å²) in [6.07, 6.45) is -0.124. The van der Waals surface area contributed by atoms with Crippen molar-refractivity contribution in [1.82, 2.24) is 4.90 Å². The Morgan fingerprint density at radius 3 is 2.83 bits per heavy atom. The highest BCUT2D eigenvalue weighted by Gasteiger charge is 2.35. The van der Waals surface area contributed by atoms with E-state index >= 15 is 0 Å². The van der Waals surface area contributed by atoms with E-state index in [1.54, 1.807) is 30.2 Å². The van der Waals surface area contributed by atoms with E-state index in [4.69, 9.17) is 4.74 Å². The molecule has 126 valence electrons. The summed E-state index contributed by atoms with van der Waals surface area (Å²) in [5.74, 6) is 0.128. The molecule has 0 bridgehead atoms. The maximum Gasteiger partial charge on any atom is 0.227 e. The van der Waals surface area contributed by atoms with Crippen molar-refractivity contribution >= 4 is 5.91 Å². The van der Waals surface area contributed by atoms with Crippen molar-refractivity contribution in [2.75, 3.05) is 13.7 Å². The zero-order chi connectivity index (χ0) is 17.1. The van der Waals surface area contributed by atoms with Crippen LogP contribution in [-0.4, -0.2) is 35.7 Å². The largest absolute Gasteiger partial charge is 0.497 e. The van der Waals surface area contributed by atoms with Crippen LogP contribution in [0, 0.1) is 5.82 Å². The molecule has 0 saturated carbocycles. The molecule has 1 saturated heterocycles. The van der Waals surface area contributed by atoms with Gasteiger partial charge in [-0.1, -0.05) is 30.3 Å². The molecule has 0 aromatic heterocycles. The molecular formula is C19H20FNO3. The quantitative estimate of drug-likeness (QED) is 0.938. The SMILES string of the molecule is COc1cccc([C@@H]2C[C@H](O)CN2C(=O)Cc2ccccc2F)c1. The zero-order valence-electron chi connectivity index (χ0n) is 13.5. The second-order valence-electron chi connectivity index (χ2n) is 6.00. The fourth-order valence-electron chi connectivity index (χ4n) is 3.16. The van der Waals surface area contributed by atoms with Crippen molar-refractivity contribution in [3.8, 4) is 5.75 Å². The van der Waals surface area contributed by atoms with Crippen LogP contribution in [0.4, 0.5) is 4.39 Å².